The molecular weight excluding hydrogens is 298 g/mol. The summed E-state index contributed by atoms with van der Waals surface area (Å²) in [6.07, 6.45) is 3.12. The lowest BCUT2D eigenvalue weighted by atomic mass is 10.2. The van der Waals surface area contributed by atoms with E-state index in [4.69, 9.17) is 9.26 Å². The van der Waals surface area contributed by atoms with Crippen LogP contribution in [0.4, 0.5) is 5.82 Å². The van der Waals surface area contributed by atoms with Gasteiger partial charge in [-0.2, -0.15) is 0 Å². The van der Waals surface area contributed by atoms with E-state index in [-0.39, 0.29) is 17.7 Å². The number of carbonyl (C=O) groups excluding carboxylic acids is 1. The van der Waals surface area contributed by atoms with Gasteiger partial charge in [0.2, 0.25) is 5.76 Å². The molecule has 0 N–H and O–H groups in total. The van der Waals surface area contributed by atoms with E-state index in [2.05, 4.69) is 15.1 Å². The van der Waals surface area contributed by atoms with Gasteiger partial charge in [0.05, 0.1) is 24.9 Å². The second-order valence-corrected chi connectivity index (χ2v) is 5.38. The van der Waals surface area contributed by atoms with E-state index in [1.54, 1.807) is 30.3 Å². The maximum atomic E-state index is 12.6. The minimum Gasteiger partial charge on any atom is -0.378 e. The van der Waals surface area contributed by atoms with Gasteiger partial charge in [-0.1, -0.05) is 5.16 Å². The van der Waals surface area contributed by atoms with Crippen LogP contribution in [0.3, 0.4) is 0 Å². The number of morpholine rings is 1. The number of hydrogen-bond donors (Lipinski definition) is 0. The van der Waals surface area contributed by atoms with Crippen molar-refractivity contribution in [3.8, 4) is 0 Å². The molecule has 1 saturated heterocycles. The van der Waals surface area contributed by atoms with Crippen LogP contribution in [0.2, 0.25) is 0 Å². The van der Waals surface area contributed by atoms with Crippen LogP contribution >= 0.6 is 0 Å². The third kappa shape index (κ3) is 3.31. The quantitative estimate of drug-likeness (QED) is 0.835. The van der Waals surface area contributed by atoms with E-state index >= 15 is 0 Å². The predicted octanol–water partition coefficient (Wildman–Crippen LogP) is 1.13. The minimum atomic E-state index is -0.233. The number of amides is 1. The van der Waals surface area contributed by atoms with E-state index in [0.29, 0.717) is 19.0 Å². The Morgan fingerprint density at radius 3 is 2.87 bits per heavy atom. The fraction of sp³-hybridized carbons (Fsp3) is 0.467. The molecule has 0 aliphatic carbocycles. The summed E-state index contributed by atoms with van der Waals surface area (Å²) in [5.41, 5.74) is 0.767. The maximum Gasteiger partial charge on any atom is 0.292 e. The molecule has 8 nitrogen and oxygen atoms in total. The van der Waals surface area contributed by atoms with Gasteiger partial charge >= 0.3 is 0 Å². The van der Waals surface area contributed by atoms with Crippen molar-refractivity contribution in [1.29, 1.82) is 0 Å². The molecule has 1 atom stereocenters. The smallest absolute Gasteiger partial charge is 0.292 e. The molecule has 0 bridgehead atoms. The predicted molar refractivity (Wildman–Crippen MR) is 82.1 cm³/mol. The first-order valence-corrected chi connectivity index (χ1v) is 7.49. The number of carbonyl (C=O) groups is 1. The van der Waals surface area contributed by atoms with Crippen LogP contribution in [-0.4, -0.2) is 59.3 Å². The zero-order chi connectivity index (χ0) is 16.2. The molecule has 2 aromatic rings. The lowest BCUT2D eigenvalue weighted by Gasteiger charge is -2.25. The number of aromatic nitrogens is 3. The second-order valence-electron chi connectivity index (χ2n) is 5.38. The topological polar surface area (TPSA) is 84.6 Å². The Bertz CT molecular complexity index is 654. The molecule has 1 aliphatic heterocycles. The molecule has 0 saturated carbocycles. The third-order valence-electron chi connectivity index (χ3n) is 3.98. The van der Waals surface area contributed by atoms with Gasteiger partial charge in [-0.05, 0) is 13.0 Å². The Labute approximate surface area is 134 Å². The fourth-order valence-electron chi connectivity index (χ4n) is 2.40. The summed E-state index contributed by atoms with van der Waals surface area (Å²) < 4.78 is 10.5. The molecule has 1 fully saturated rings. The lowest BCUT2D eigenvalue weighted by molar-refractivity contribution is 0.0697. The molecule has 0 spiro atoms. The van der Waals surface area contributed by atoms with Crippen LogP contribution in [0.5, 0.6) is 0 Å². The molecule has 8 heteroatoms. The van der Waals surface area contributed by atoms with Crippen LogP contribution in [0.1, 0.15) is 29.2 Å². The van der Waals surface area contributed by atoms with Crippen molar-refractivity contribution in [2.45, 2.75) is 13.0 Å². The summed E-state index contributed by atoms with van der Waals surface area (Å²) in [4.78, 5) is 24.2. The van der Waals surface area contributed by atoms with Gasteiger partial charge in [-0.3, -0.25) is 4.79 Å². The van der Waals surface area contributed by atoms with E-state index in [0.717, 1.165) is 18.8 Å². The van der Waals surface area contributed by atoms with Crippen LogP contribution in [0.15, 0.2) is 29.2 Å². The van der Waals surface area contributed by atoms with Crippen molar-refractivity contribution in [2.75, 3.05) is 38.3 Å². The average molecular weight is 317 g/mol. The molecular formula is C15H19N5O3. The molecule has 122 valence electrons. The third-order valence-corrected chi connectivity index (χ3v) is 3.98. The summed E-state index contributed by atoms with van der Waals surface area (Å²) in [7, 11) is 1.71. The van der Waals surface area contributed by atoms with Crippen molar-refractivity contribution < 1.29 is 14.1 Å². The first-order valence-electron chi connectivity index (χ1n) is 7.49. The van der Waals surface area contributed by atoms with Crippen molar-refractivity contribution in [1.82, 2.24) is 20.0 Å². The SMILES string of the molecule is CC(c1ccncn1)N(C)C(=O)c1cc(N2CCOCC2)no1. The number of nitrogens with zero attached hydrogens (tertiary/aromatic N) is 5. The Kier molecular flexibility index (Phi) is 4.52. The van der Waals surface area contributed by atoms with Gasteiger partial charge in [-0.15, -0.1) is 0 Å². The molecule has 3 heterocycles. The summed E-state index contributed by atoms with van der Waals surface area (Å²) in [6.45, 7) is 4.70. The number of rotatable bonds is 4. The Morgan fingerprint density at radius 2 is 2.17 bits per heavy atom. The molecule has 2 aromatic heterocycles. The van der Waals surface area contributed by atoms with Crippen molar-refractivity contribution in [2.24, 2.45) is 0 Å². The average Bonchev–Trinajstić information content (AvgIpc) is 3.11. The number of hydrogen-bond acceptors (Lipinski definition) is 7. The van der Waals surface area contributed by atoms with Crippen molar-refractivity contribution in [3.05, 3.63) is 36.1 Å². The van der Waals surface area contributed by atoms with Gasteiger partial charge in [0.25, 0.3) is 5.91 Å². The van der Waals surface area contributed by atoms with Gasteiger partial charge < -0.3 is 19.1 Å². The van der Waals surface area contributed by atoms with Crippen LogP contribution < -0.4 is 4.90 Å². The molecule has 23 heavy (non-hydrogen) atoms. The molecule has 0 aromatic carbocycles. The standard InChI is InChI=1S/C15H19N5O3/c1-11(12-3-4-16-10-17-12)19(2)15(21)13-9-14(18-23-13)20-5-7-22-8-6-20/h3-4,9-11H,5-8H2,1-2H3. The number of ether oxygens (including phenoxy) is 1. The zero-order valence-electron chi connectivity index (χ0n) is 13.2. The van der Waals surface area contributed by atoms with Gasteiger partial charge in [0.15, 0.2) is 5.82 Å². The summed E-state index contributed by atoms with van der Waals surface area (Å²) >= 11 is 0. The maximum absolute atomic E-state index is 12.6. The normalized spacial score (nSPS) is 16.2. The van der Waals surface area contributed by atoms with E-state index in [1.807, 2.05) is 11.8 Å². The molecule has 1 unspecified atom stereocenters. The van der Waals surface area contributed by atoms with Gasteiger partial charge in [0.1, 0.15) is 6.33 Å². The highest BCUT2D eigenvalue weighted by Gasteiger charge is 2.25. The summed E-state index contributed by atoms with van der Waals surface area (Å²) in [5, 5.41) is 4.00. The van der Waals surface area contributed by atoms with Gasteiger partial charge in [-0.25, -0.2) is 9.97 Å². The van der Waals surface area contributed by atoms with Crippen molar-refractivity contribution in [3.63, 3.8) is 0 Å². The lowest BCUT2D eigenvalue weighted by Crippen LogP contribution is -2.36. The Balaban J connectivity index is 1.71. The fourth-order valence-corrected chi connectivity index (χ4v) is 2.40. The van der Waals surface area contributed by atoms with Crippen molar-refractivity contribution >= 4 is 11.7 Å². The molecule has 1 amide bonds. The first-order chi connectivity index (χ1) is 11.2. The molecule has 0 radical (unpaired) electrons. The van der Waals surface area contributed by atoms with Crippen LogP contribution in [-0.2, 0) is 4.74 Å². The van der Waals surface area contributed by atoms with Crippen LogP contribution in [0, 0.1) is 0 Å². The van der Waals surface area contributed by atoms with E-state index in [9.17, 15) is 4.79 Å². The Morgan fingerprint density at radius 1 is 1.39 bits per heavy atom. The largest absolute Gasteiger partial charge is 0.378 e. The zero-order valence-corrected chi connectivity index (χ0v) is 13.2. The van der Waals surface area contributed by atoms with E-state index < -0.39 is 0 Å². The minimum absolute atomic E-state index is 0.192. The summed E-state index contributed by atoms with van der Waals surface area (Å²) in [5.74, 6) is 0.651. The number of anilines is 1. The highest BCUT2D eigenvalue weighted by Crippen LogP contribution is 2.21. The first kappa shape index (κ1) is 15.4. The summed E-state index contributed by atoms with van der Waals surface area (Å²) in [6, 6.07) is 3.27. The highest BCUT2D eigenvalue weighted by atomic mass is 16.5. The van der Waals surface area contributed by atoms with Gasteiger partial charge in [0, 0.05) is 32.4 Å². The monoisotopic (exact) mass is 317 g/mol. The second kappa shape index (κ2) is 6.74. The van der Waals surface area contributed by atoms with E-state index in [1.165, 1.54) is 6.33 Å². The Hall–Kier alpha value is -2.48. The highest BCUT2D eigenvalue weighted by molar-refractivity contribution is 5.92. The molecule has 1 aliphatic rings. The van der Waals surface area contributed by atoms with Crippen LogP contribution in [0.25, 0.3) is 0 Å². The molecule has 3 rings (SSSR count).